The summed E-state index contributed by atoms with van der Waals surface area (Å²) < 4.78 is 23.1. The number of carbonyl (C=O) groups is 1. The number of sulfone groups is 1. The molecular weight excluding hydrogens is 358 g/mol. The predicted molar refractivity (Wildman–Crippen MR) is 98.4 cm³/mol. The number of nitrogens with zero attached hydrogens (tertiary/aromatic N) is 2. The van der Waals surface area contributed by atoms with Crippen LogP contribution in [0.15, 0.2) is 35.7 Å². The Bertz CT molecular complexity index is 834. The lowest BCUT2D eigenvalue weighted by Crippen LogP contribution is -2.43. The molecule has 3 rings (SSSR count). The van der Waals surface area contributed by atoms with Gasteiger partial charge < -0.3 is 10.2 Å². The number of nitrogens with one attached hydrogen (secondary N) is 1. The fourth-order valence-electron chi connectivity index (χ4n) is 2.82. The van der Waals surface area contributed by atoms with Gasteiger partial charge in [-0.2, -0.15) is 0 Å². The largest absolute Gasteiger partial charge is 0.332 e. The number of amides is 2. The SMILES string of the molecule is CN(C(=O)NCc1csc(Cc2ccccc2)n1)[C@H]1CCS(=O)(=O)C1. The van der Waals surface area contributed by atoms with E-state index in [9.17, 15) is 13.2 Å². The average Bonchev–Trinajstić information content (AvgIpc) is 3.19. The number of benzene rings is 1. The zero-order valence-corrected chi connectivity index (χ0v) is 15.6. The van der Waals surface area contributed by atoms with Gasteiger partial charge in [0.1, 0.15) is 0 Å². The maximum Gasteiger partial charge on any atom is 0.317 e. The highest BCUT2D eigenvalue weighted by Gasteiger charge is 2.32. The van der Waals surface area contributed by atoms with Crippen molar-refractivity contribution in [2.45, 2.75) is 25.4 Å². The smallest absolute Gasteiger partial charge is 0.317 e. The first-order chi connectivity index (χ1) is 11.9. The molecule has 2 heterocycles. The second kappa shape index (κ2) is 7.53. The van der Waals surface area contributed by atoms with Crippen LogP contribution in [0.3, 0.4) is 0 Å². The molecule has 0 spiro atoms. The van der Waals surface area contributed by atoms with E-state index in [0.29, 0.717) is 13.0 Å². The van der Waals surface area contributed by atoms with Crippen molar-refractivity contribution in [3.63, 3.8) is 0 Å². The lowest BCUT2D eigenvalue weighted by Gasteiger charge is -2.23. The summed E-state index contributed by atoms with van der Waals surface area (Å²) in [6, 6.07) is 9.61. The fraction of sp³-hybridized carbons (Fsp3) is 0.412. The molecule has 1 saturated heterocycles. The van der Waals surface area contributed by atoms with Crippen LogP contribution in [0.5, 0.6) is 0 Å². The van der Waals surface area contributed by atoms with Gasteiger partial charge in [-0.25, -0.2) is 18.2 Å². The van der Waals surface area contributed by atoms with E-state index in [1.165, 1.54) is 10.5 Å². The van der Waals surface area contributed by atoms with E-state index in [1.54, 1.807) is 18.4 Å². The highest BCUT2D eigenvalue weighted by atomic mass is 32.2. The third kappa shape index (κ3) is 4.79. The Morgan fingerprint density at radius 3 is 2.80 bits per heavy atom. The first-order valence-corrected chi connectivity index (χ1v) is 10.8. The molecule has 1 N–H and O–H groups in total. The van der Waals surface area contributed by atoms with Gasteiger partial charge in [0, 0.05) is 24.9 Å². The molecule has 0 aliphatic carbocycles. The van der Waals surface area contributed by atoms with Crippen molar-refractivity contribution < 1.29 is 13.2 Å². The summed E-state index contributed by atoms with van der Waals surface area (Å²) in [5.74, 6) is 0.207. The van der Waals surface area contributed by atoms with Crippen LogP contribution in [0.25, 0.3) is 0 Å². The molecular formula is C17H21N3O3S2. The topological polar surface area (TPSA) is 79.4 Å². The van der Waals surface area contributed by atoms with Crippen molar-refractivity contribution in [3.05, 3.63) is 52.0 Å². The van der Waals surface area contributed by atoms with Gasteiger partial charge in [-0.3, -0.25) is 0 Å². The normalized spacial score (nSPS) is 18.8. The van der Waals surface area contributed by atoms with Gasteiger partial charge in [-0.15, -0.1) is 11.3 Å². The zero-order valence-electron chi connectivity index (χ0n) is 14.0. The van der Waals surface area contributed by atoms with E-state index >= 15 is 0 Å². The Morgan fingerprint density at radius 2 is 2.12 bits per heavy atom. The van der Waals surface area contributed by atoms with Crippen LogP contribution in [-0.4, -0.2) is 48.9 Å². The van der Waals surface area contributed by atoms with E-state index in [0.717, 1.165) is 17.1 Å². The summed E-state index contributed by atoms with van der Waals surface area (Å²) in [5.41, 5.74) is 2.02. The van der Waals surface area contributed by atoms with Crippen LogP contribution in [0.1, 0.15) is 22.7 Å². The summed E-state index contributed by atoms with van der Waals surface area (Å²) in [7, 11) is -1.36. The lowest BCUT2D eigenvalue weighted by atomic mass is 10.2. The summed E-state index contributed by atoms with van der Waals surface area (Å²) in [4.78, 5) is 18.2. The fourth-order valence-corrected chi connectivity index (χ4v) is 5.42. The van der Waals surface area contributed by atoms with Gasteiger partial charge in [0.05, 0.1) is 28.8 Å². The molecule has 25 heavy (non-hydrogen) atoms. The Hall–Kier alpha value is -1.93. The van der Waals surface area contributed by atoms with Crippen molar-refractivity contribution in [2.24, 2.45) is 0 Å². The zero-order chi connectivity index (χ0) is 17.9. The molecule has 8 heteroatoms. The van der Waals surface area contributed by atoms with Crippen molar-refractivity contribution in [1.82, 2.24) is 15.2 Å². The quantitative estimate of drug-likeness (QED) is 0.862. The molecule has 1 aromatic heterocycles. The Balaban J connectivity index is 1.51. The molecule has 0 bridgehead atoms. The molecule has 1 aliphatic heterocycles. The lowest BCUT2D eigenvalue weighted by molar-refractivity contribution is 0.194. The standard InChI is InChI=1S/C17H21N3O3S2/c1-20(15-7-8-25(22,23)12-15)17(21)18-10-14-11-24-16(19-14)9-13-5-3-2-4-6-13/h2-6,11,15H,7-10,12H2,1H3,(H,18,21)/t15-/m0/s1. The second-order valence-corrected chi connectivity index (χ2v) is 9.39. The number of rotatable bonds is 5. The Labute approximate surface area is 151 Å². The summed E-state index contributed by atoms with van der Waals surface area (Å²) in [5, 5.41) is 5.76. The Kier molecular flexibility index (Phi) is 5.39. The van der Waals surface area contributed by atoms with Crippen molar-refractivity contribution in [3.8, 4) is 0 Å². The number of thiazole rings is 1. The van der Waals surface area contributed by atoms with Crippen LogP contribution >= 0.6 is 11.3 Å². The summed E-state index contributed by atoms with van der Waals surface area (Å²) in [6.07, 6.45) is 1.28. The molecule has 1 aliphatic rings. The maximum absolute atomic E-state index is 12.2. The van der Waals surface area contributed by atoms with Gasteiger partial charge in [-0.1, -0.05) is 30.3 Å². The molecule has 0 radical (unpaired) electrons. The third-order valence-electron chi connectivity index (χ3n) is 4.29. The van der Waals surface area contributed by atoms with Gasteiger partial charge >= 0.3 is 6.03 Å². The minimum atomic E-state index is -3.00. The number of hydrogen-bond acceptors (Lipinski definition) is 5. The highest BCUT2D eigenvalue weighted by Crippen LogP contribution is 2.17. The van der Waals surface area contributed by atoms with E-state index < -0.39 is 9.84 Å². The van der Waals surface area contributed by atoms with E-state index in [1.807, 2.05) is 23.6 Å². The Morgan fingerprint density at radius 1 is 1.36 bits per heavy atom. The van der Waals surface area contributed by atoms with Crippen molar-refractivity contribution in [1.29, 1.82) is 0 Å². The highest BCUT2D eigenvalue weighted by molar-refractivity contribution is 7.91. The second-order valence-electron chi connectivity index (χ2n) is 6.22. The van der Waals surface area contributed by atoms with Crippen LogP contribution in [0, 0.1) is 0 Å². The van der Waals surface area contributed by atoms with Gasteiger partial charge in [0.25, 0.3) is 0 Å². The first-order valence-electron chi connectivity index (χ1n) is 8.11. The minimum absolute atomic E-state index is 0.0504. The van der Waals surface area contributed by atoms with E-state index in [2.05, 4.69) is 22.4 Å². The number of aromatic nitrogens is 1. The monoisotopic (exact) mass is 379 g/mol. The molecule has 1 aromatic carbocycles. The van der Waals surface area contributed by atoms with E-state index in [-0.39, 0.29) is 23.6 Å². The van der Waals surface area contributed by atoms with E-state index in [4.69, 9.17) is 0 Å². The van der Waals surface area contributed by atoms with Crippen LogP contribution in [-0.2, 0) is 22.8 Å². The van der Waals surface area contributed by atoms with Crippen molar-refractivity contribution >= 4 is 27.2 Å². The van der Waals surface area contributed by atoms with Gasteiger partial charge in [0.15, 0.2) is 9.84 Å². The first kappa shape index (κ1) is 17.9. The molecule has 134 valence electrons. The molecule has 6 nitrogen and oxygen atoms in total. The molecule has 0 saturated carbocycles. The average molecular weight is 380 g/mol. The molecule has 1 atom stereocenters. The number of hydrogen-bond donors (Lipinski definition) is 1. The van der Waals surface area contributed by atoms with Crippen LogP contribution in [0.2, 0.25) is 0 Å². The summed E-state index contributed by atoms with van der Waals surface area (Å²) in [6.45, 7) is 0.341. The molecule has 1 fully saturated rings. The third-order valence-corrected chi connectivity index (χ3v) is 6.94. The number of carbonyl (C=O) groups excluding carboxylic acids is 1. The molecule has 2 aromatic rings. The summed E-state index contributed by atoms with van der Waals surface area (Å²) >= 11 is 1.57. The van der Waals surface area contributed by atoms with Gasteiger partial charge in [0.2, 0.25) is 0 Å². The van der Waals surface area contributed by atoms with Gasteiger partial charge in [-0.05, 0) is 12.0 Å². The molecule has 2 amide bonds. The van der Waals surface area contributed by atoms with Crippen LogP contribution in [0.4, 0.5) is 4.79 Å². The van der Waals surface area contributed by atoms with Crippen LogP contribution < -0.4 is 5.32 Å². The molecule has 0 unspecified atom stereocenters. The predicted octanol–water partition coefficient (Wildman–Crippen LogP) is 2.06. The maximum atomic E-state index is 12.2. The minimum Gasteiger partial charge on any atom is -0.332 e. The number of urea groups is 1. The van der Waals surface area contributed by atoms with Crippen molar-refractivity contribution in [2.75, 3.05) is 18.6 Å².